The summed E-state index contributed by atoms with van der Waals surface area (Å²) in [7, 11) is 1.62. The molecule has 3 aromatic rings. The molecule has 0 atom stereocenters. The lowest BCUT2D eigenvalue weighted by Gasteiger charge is -2.08. The Hall–Kier alpha value is -2.58. The number of amides is 1. The lowest BCUT2D eigenvalue weighted by molar-refractivity contribution is -0.113. The smallest absolute Gasteiger partial charge is 0.234 e. The van der Waals surface area contributed by atoms with E-state index in [1.807, 2.05) is 56.3 Å². The van der Waals surface area contributed by atoms with Gasteiger partial charge in [0.15, 0.2) is 4.34 Å². The van der Waals surface area contributed by atoms with Crippen molar-refractivity contribution in [3.63, 3.8) is 0 Å². The van der Waals surface area contributed by atoms with E-state index < -0.39 is 0 Å². The van der Waals surface area contributed by atoms with Gasteiger partial charge in [-0.25, -0.2) is 0 Å². The zero-order valence-corrected chi connectivity index (χ0v) is 16.9. The fraction of sp³-hybridized carbons (Fsp3) is 0.211. The third-order valence-electron chi connectivity index (χ3n) is 3.75. The van der Waals surface area contributed by atoms with Gasteiger partial charge in [0.1, 0.15) is 5.75 Å². The molecule has 0 unspecified atom stereocenters. The average Bonchev–Trinajstić information content (AvgIpc) is 3.11. The Labute approximate surface area is 166 Å². The maximum atomic E-state index is 12.2. The summed E-state index contributed by atoms with van der Waals surface area (Å²) in [6, 6.07) is 13.6. The lowest BCUT2D eigenvalue weighted by Crippen LogP contribution is -2.14. The molecule has 8 heteroatoms. The first kappa shape index (κ1) is 19.2. The number of rotatable bonds is 7. The number of carbonyl (C=O) groups excluding carboxylic acids is 1. The van der Waals surface area contributed by atoms with Crippen molar-refractivity contribution in [3.8, 4) is 5.75 Å². The van der Waals surface area contributed by atoms with Crippen molar-refractivity contribution in [2.45, 2.75) is 18.2 Å². The first-order valence-corrected chi connectivity index (χ1v) is 10.1. The molecule has 3 rings (SSSR count). The molecule has 1 heterocycles. The molecule has 140 valence electrons. The van der Waals surface area contributed by atoms with Crippen LogP contribution in [0.5, 0.6) is 5.75 Å². The van der Waals surface area contributed by atoms with Crippen molar-refractivity contribution < 1.29 is 9.53 Å². The van der Waals surface area contributed by atoms with Gasteiger partial charge in [-0.05, 0) is 43.2 Å². The number of hydrogen-bond donors (Lipinski definition) is 2. The highest BCUT2D eigenvalue weighted by Crippen LogP contribution is 2.31. The van der Waals surface area contributed by atoms with Crippen LogP contribution in [0.2, 0.25) is 0 Å². The number of para-hydroxylation sites is 2. The third-order valence-corrected chi connectivity index (χ3v) is 5.72. The van der Waals surface area contributed by atoms with Gasteiger partial charge >= 0.3 is 0 Å². The number of carbonyl (C=O) groups is 1. The van der Waals surface area contributed by atoms with E-state index in [4.69, 9.17) is 4.74 Å². The molecule has 2 N–H and O–H groups in total. The van der Waals surface area contributed by atoms with Gasteiger partial charge in [-0.2, -0.15) is 0 Å². The minimum absolute atomic E-state index is 0.0665. The summed E-state index contributed by atoms with van der Waals surface area (Å²) in [6.45, 7) is 3.98. The van der Waals surface area contributed by atoms with Gasteiger partial charge in [0.25, 0.3) is 0 Å². The van der Waals surface area contributed by atoms with Crippen molar-refractivity contribution >= 4 is 45.5 Å². The molecule has 0 radical (unpaired) electrons. The molecule has 1 amide bonds. The number of aryl methyl sites for hydroxylation is 2. The average molecular weight is 401 g/mol. The first-order valence-electron chi connectivity index (χ1n) is 8.28. The standard InChI is InChI=1S/C19H20N4O2S2/c1-12-8-9-13(2)15(10-12)20-17(24)11-26-19-23-22-18(27-19)21-14-6-4-5-7-16(14)25-3/h4-10H,11H2,1-3H3,(H,20,24)(H,21,22). The van der Waals surface area contributed by atoms with Crippen LogP contribution in [0.1, 0.15) is 11.1 Å². The number of anilines is 3. The summed E-state index contributed by atoms with van der Waals surface area (Å²) < 4.78 is 6.04. The molecule has 0 aliphatic heterocycles. The van der Waals surface area contributed by atoms with E-state index in [1.165, 1.54) is 23.1 Å². The van der Waals surface area contributed by atoms with Gasteiger partial charge in [-0.3, -0.25) is 4.79 Å². The number of nitrogens with zero attached hydrogens (tertiary/aromatic N) is 2. The summed E-state index contributed by atoms with van der Waals surface area (Å²) >= 11 is 2.76. The molecule has 0 spiro atoms. The summed E-state index contributed by atoms with van der Waals surface area (Å²) in [4.78, 5) is 12.2. The molecular weight excluding hydrogens is 380 g/mol. The Morgan fingerprint density at radius 3 is 2.78 bits per heavy atom. The molecule has 27 heavy (non-hydrogen) atoms. The van der Waals surface area contributed by atoms with Crippen molar-refractivity contribution in [2.24, 2.45) is 0 Å². The zero-order valence-electron chi connectivity index (χ0n) is 15.3. The number of aromatic nitrogens is 2. The van der Waals surface area contributed by atoms with Gasteiger partial charge in [0.2, 0.25) is 11.0 Å². The quantitative estimate of drug-likeness (QED) is 0.563. The van der Waals surface area contributed by atoms with Crippen molar-refractivity contribution in [1.29, 1.82) is 0 Å². The second kappa shape index (κ2) is 8.88. The van der Waals surface area contributed by atoms with Crippen molar-refractivity contribution in [2.75, 3.05) is 23.5 Å². The van der Waals surface area contributed by atoms with E-state index in [2.05, 4.69) is 20.8 Å². The SMILES string of the molecule is COc1ccccc1Nc1nnc(SCC(=O)Nc2cc(C)ccc2C)s1. The highest BCUT2D eigenvalue weighted by molar-refractivity contribution is 8.01. The fourth-order valence-electron chi connectivity index (χ4n) is 2.37. The summed E-state index contributed by atoms with van der Waals surface area (Å²) in [5.41, 5.74) is 3.81. The molecule has 6 nitrogen and oxygen atoms in total. The Bertz CT molecular complexity index is 943. The molecule has 0 saturated heterocycles. The molecule has 0 saturated carbocycles. The Balaban J connectivity index is 1.56. The van der Waals surface area contributed by atoms with Gasteiger partial charge in [0, 0.05) is 5.69 Å². The zero-order chi connectivity index (χ0) is 19.2. The van der Waals surface area contributed by atoms with E-state index in [9.17, 15) is 4.79 Å². The summed E-state index contributed by atoms with van der Waals surface area (Å²) in [5, 5.41) is 15.0. The van der Waals surface area contributed by atoms with Crippen molar-refractivity contribution in [1.82, 2.24) is 10.2 Å². The summed E-state index contributed by atoms with van der Waals surface area (Å²) in [5.74, 6) is 0.939. The Morgan fingerprint density at radius 1 is 1.15 bits per heavy atom. The number of benzene rings is 2. The maximum Gasteiger partial charge on any atom is 0.234 e. The predicted molar refractivity (Wildman–Crippen MR) is 111 cm³/mol. The van der Waals surface area contributed by atoms with Gasteiger partial charge < -0.3 is 15.4 Å². The number of methoxy groups -OCH3 is 1. The van der Waals surface area contributed by atoms with Crippen LogP contribution in [0.15, 0.2) is 46.8 Å². The number of nitrogens with one attached hydrogen (secondary N) is 2. The van der Waals surface area contributed by atoms with Gasteiger partial charge in [-0.1, -0.05) is 47.4 Å². The number of thioether (sulfide) groups is 1. The largest absolute Gasteiger partial charge is 0.495 e. The van der Waals surface area contributed by atoms with Crippen LogP contribution in [0.25, 0.3) is 0 Å². The van der Waals surface area contributed by atoms with Crippen molar-refractivity contribution in [3.05, 3.63) is 53.6 Å². The first-order chi connectivity index (χ1) is 13.0. The Kier molecular flexibility index (Phi) is 6.31. The van der Waals surface area contributed by atoms with Crippen LogP contribution in [0.3, 0.4) is 0 Å². The van der Waals surface area contributed by atoms with E-state index in [0.29, 0.717) is 5.13 Å². The molecular formula is C19H20N4O2S2. The Morgan fingerprint density at radius 2 is 1.96 bits per heavy atom. The second-order valence-electron chi connectivity index (χ2n) is 5.85. The highest BCUT2D eigenvalue weighted by Gasteiger charge is 2.11. The molecule has 0 aliphatic rings. The van der Waals surface area contributed by atoms with E-state index in [1.54, 1.807) is 7.11 Å². The molecule has 0 aliphatic carbocycles. The normalized spacial score (nSPS) is 10.5. The predicted octanol–water partition coefficient (Wildman–Crippen LogP) is 4.64. The number of hydrogen-bond acceptors (Lipinski definition) is 7. The van der Waals surface area contributed by atoms with Gasteiger partial charge in [0.05, 0.1) is 18.6 Å². The van der Waals surface area contributed by atoms with E-state index in [-0.39, 0.29) is 11.7 Å². The monoisotopic (exact) mass is 400 g/mol. The van der Waals surface area contributed by atoms with Gasteiger partial charge in [-0.15, -0.1) is 10.2 Å². The van der Waals surface area contributed by atoms with Crippen LogP contribution in [-0.2, 0) is 4.79 Å². The lowest BCUT2D eigenvalue weighted by atomic mass is 10.1. The van der Waals surface area contributed by atoms with Crippen LogP contribution in [0.4, 0.5) is 16.5 Å². The second-order valence-corrected chi connectivity index (χ2v) is 8.05. The molecule has 0 bridgehead atoms. The molecule has 2 aromatic carbocycles. The van der Waals surface area contributed by atoms with E-state index in [0.717, 1.165) is 32.6 Å². The summed E-state index contributed by atoms with van der Waals surface area (Å²) in [6.07, 6.45) is 0. The van der Waals surface area contributed by atoms with Crippen LogP contribution < -0.4 is 15.4 Å². The maximum absolute atomic E-state index is 12.2. The topological polar surface area (TPSA) is 76.1 Å². The highest BCUT2D eigenvalue weighted by atomic mass is 32.2. The minimum Gasteiger partial charge on any atom is -0.495 e. The minimum atomic E-state index is -0.0665. The fourth-order valence-corrected chi connectivity index (χ4v) is 3.93. The van der Waals surface area contributed by atoms with Crippen LogP contribution in [-0.4, -0.2) is 29.0 Å². The molecule has 1 aromatic heterocycles. The third kappa shape index (κ3) is 5.21. The van der Waals surface area contributed by atoms with Crippen LogP contribution >= 0.6 is 23.1 Å². The van der Waals surface area contributed by atoms with E-state index >= 15 is 0 Å². The van der Waals surface area contributed by atoms with Crippen LogP contribution in [0, 0.1) is 13.8 Å². The molecule has 0 fully saturated rings. The number of ether oxygens (including phenoxy) is 1.